The maximum atomic E-state index is 12.6. The lowest BCUT2D eigenvalue weighted by atomic mass is 9.79. The molecule has 1 nitrogen and oxygen atoms in total. The van der Waals surface area contributed by atoms with Gasteiger partial charge in [-0.2, -0.15) is 13.2 Å². The van der Waals surface area contributed by atoms with Gasteiger partial charge in [0.2, 0.25) is 0 Å². The second-order valence-electron chi connectivity index (χ2n) is 5.12. The van der Waals surface area contributed by atoms with E-state index in [1.165, 1.54) is 12.1 Å². The third kappa shape index (κ3) is 3.14. The van der Waals surface area contributed by atoms with Crippen molar-refractivity contribution in [1.82, 2.24) is 0 Å². The van der Waals surface area contributed by atoms with Crippen molar-refractivity contribution >= 4 is 5.78 Å². The minimum absolute atomic E-state index is 0.193. The van der Waals surface area contributed by atoms with Gasteiger partial charge in [0.05, 0.1) is 11.1 Å². The van der Waals surface area contributed by atoms with E-state index in [1.807, 2.05) is 19.1 Å². The molecule has 0 spiro atoms. The van der Waals surface area contributed by atoms with Crippen LogP contribution >= 0.6 is 0 Å². The summed E-state index contributed by atoms with van der Waals surface area (Å²) in [6.07, 6.45) is 5.87. The Kier molecular flexibility index (Phi) is 4.56. The molecule has 0 amide bonds. The van der Waals surface area contributed by atoms with E-state index in [-0.39, 0.29) is 5.78 Å². The summed E-state index contributed by atoms with van der Waals surface area (Å²) in [6, 6.07) is 4.73. The molecule has 2 rings (SSSR count). The zero-order valence-corrected chi connectivity index (χ0v) is 12.1. The Hall–Kier alpha value is -2.28. The van der Waals surface area contributed by atoms with Gasteiger partial charge in [-0.15, -0.1) is 6.42 Å². The van der Waals surface area contributed by atoms with Crippen molar-refractivity contribution in [3.8, 4) is 12.3 Å². The third-order valence-electron chi connectivity index (χ3n) is 3.74. The average molecular weight is 304 g/mol. The summed E-state index contributed by atoms with van der Waals surface area (Å²) < 4.78 is 37.7. The quantitative estimate of drug-likeness (QED) is 0.726. The number of Topliss-reactive ketones (excluding diaryl/α,β-unsaturated/α-hetero) is 1. The van der Waals surface area contributed by atoms with Crippen LogP contribution in [0.25, 0.3) is 0 Å². The average Bonchev–Trinajstić information content (AvgIpc) is 2.47. The highest BCUT2D eigenvalue weighted by atomic mass is 19.4. The molecule has 0 bridgehead atoms. The van der Waals surface area contributed by atoms with E-state index in [9.17, 15) is 18.0 Å². The molecule has 0 N–H and O–H groups in total. The van der Waals surface area contributed by atoms with E-state index in [0.717, 1.165) is 17.7 Å². The van der Waals surface area contributed by atoms with Crippen molar-refractivity contribution in [2.45, 2.75) is 31.9 Å². The molecule has 0 aliphatic heterocycles. The second-order valence-corrected chi connectivity index (χ2v) is 5.12. The first-order valence-corrected chi connectivity index (χ1v) is 6.92. The zero-order chi connectivity index (χ0) is 16.3. The highest BCUT2D eigenvalue weighted by Crippen LogP contribution is 2.35. The van der Waals surface area contributed by atoms with Gasteiger partial charge in [-0.25, -0.2) is 0 Å². The van der Waals surface area contributed by atoms with E-state index in [2.05, 4.69) is 5.92 Å². The lowest BCUT2D eigenvalue weighted by molar-refractivity contribution is -0.137. The van der Waals surface area contributed by atoms with E-state index in [4.69, 9.17) is 6.42 Å². The number of rotatable bonds is 2. The van der Waals surface area contributed by atoms with Crippen molar-refractivity contribution < 1.29 is 18.0 Å². The molecule has 0 heterocycles. The van der Waals surface area contributed by atoms with Gasteiger partial charge in [0.1, 0.15) is 0 Å². The van der Waals surface area contributed by atoms with Crippen LogP contribution in [0.5, 0.6) is 0 Å². The minimum atomic E-state index is -4.38. The van der Waals surface area contributed by atoms with Crippen LogP contribution in [0.15, 0.2) is 47.6 Å². The summed E-state index contributed by atoms with van der Waals surface area (Å²) in [6.45, 7) is 1.84. The number of alkyl halides is 3. The van der Waals surface area contributed by atoms with Gasteiger partial charge >= 0.3 is 6.18 Å². The maximum absolute atomic E-state index is 12.6. The molecule has 1 aromatic rings. The summed E-state index contributed by atoms with van der Waals surface area (Å²) >= 11 is 0. The molecule has 22 heavy (non-hydrogen) atoms. The molecule has 1 unspecified atom stereocenters. The van der Waals surface area contributed by atoms with Crippen LogP contribution < -0.4 is 0 Å². The summed E-state index contributed by atoms with van der Waals surface area (Å²) in [5.74, 6) is 1.76. The van der Waals surface area contributed by atoms with Gasteiger partial charge in [0.15, 0.2) is 5.78 Å². The fraction of sp³-hybridized carbons (Fsp3) is 0.278. The number of terminal acetylenes is 1. The van der Waals surface area contributed by atoms with Crippen LogP contribution in [0.2, 0.25) is 0 Å². The molecule has 114 valence electrons. The van der Waals surface area contributed by atoms with Crippen LogP contribution in [0.1, 0.15) is 36.8 Å². The van der Waals surface area contributed by atoms with Crippen LogP contribution in [0, 0.1) is 12.3 Å². The Labute approximate surface area is 127 Å². The highest BCUT2D eigenvalue weighted by molar-refractivity contribution is 6.05. The van der Waals surface area contributed by atoms with Crippen molar-refractivity contribution in [2.24, 2.45) is 0 Å². The largest absolute Gasteiger partial charge is 0.416 e. The van der Waals surface area contributed by atoms with Gasteiger partial charge in [-0.05, 0) is 43.0 Å². The summed E-state index contributed by atoms with van der Waals surface area (Å²) in [4.78, 5) is 12.5. The van der Waals surface area contributed by atoms with Crippen LogP contribution in [-0.2, 0) is 11.0 Å². The van der Waals surface area contributed by atoms with Crippen LogP contribution in [-0.4, -0.2) is 5.78 Å². The monoisotopic (exact) mass is 304 g/mol. The smallest absolute Gasteiger partial charge is 0.293 e. The Morgan fingerprint density at radius 1 is 1.27 bits per heavy atom. The number of carbonyl (C=O) groups is 1. The molecule has 4 heteroatoms. The molecule has 0 aromatic heterocycles. The molecule has 0 fully saturated rings. The second kappa shape index (κ2) is 6.23. The van der Waals surface area contributed by atoms with Crippen LogP contribution in [0.3, 0.4) is 0 Å². The third-order valence-corrected chi connectivity index (χ3v) is 3.74. The first-order chi connectivity index (χ1) is 10.4. The topological polar surface area (TPSA) is 17.1 Å². The lowest BCUT2D eigenvalue weighted by Crippen LogP contribution is -2.20. The van der Waals surface area contributed by atoms with Gasteiger partial charge in [-0.1, -0.05) is 30.2 Å². The molecular formula is C18H15F3O. The van der Waals surface area contributed by atoms with E-state index >= 15 is 0 Å². The molecule has 0 saturated heterocycles. The van der Waals surface area contributed by atoms with Gasteiger partial charge in [-0.3, -0.25) is 4.79 Å². The fourth-order valence-electron chi connectivity index (χ4n) is 2.64. The van der Waals surface area contributed by atoms with Crippen LogP contribution in [0.4, 0.5) is 13.2 Å². The number of allylic oxidation sites excluding steroid dienone is 4. The molecule has 1 aliphatic rings. The normalized spacial score (nSPS) is 19.6. The Bertz CT molecular complexity index is 670. The molecule has 1 aliphatic carbocycles. The predicted octanol–water partition coefficient (Wildman–Crippen LogP) is 4.66. The van der Waals surface area contributed by atoms with E-state index in [1.54, 1.807) is 0 Å². The number of halogens is 3. The summed E-state index contributed by atoms with van der Waals surface area (Å²) in [7, 11) is 0. The number of benzene rings is 1. The standard InChI is InChI=1S/C18H15F3O/c1-3-5-12-8-11-16(17(22)15(12)4-2)13-6-9-14(10-7-13)18(19,20)21/h2-3,5-7,9-10,16H,8,11H2,1H3. The van der Waals surface area contributed by atoms with E-state index in [0.29, 0.717) is 24.0 Å². The van der Waals surface area contributed by atoms with Crippen molar-refractivity contribution in [1.29, 1.82) is 0 Å². The molecule has 1 aromatic carbocycles. The number of hydrogen-bond donors (Lipinski definition) is 0. The molecule has 0 radical (unpaired) electrons. The summed E-state index contributed by atoms with van der Waals surface area (Å²) in [5, 5.41) is 0. The van der Waals surface area contributed by atoms with Crippen molar-refractivity contribution in [3.63, 3.8) is 0 Å². The van der Waals surface area contributed by atoms with Gasteiger partial charge < -0.3 is 0 Å². The molecular weight excluding hydrogens is 289 g/mol. The number of carbonyl (C=O) groups excluding carboxylic acids is 1. The fourth-order valence-corrected chi connectivity index (χ4v) is 2.64. The number of hydrogen-bond acceptors (Lipinski definition) is 1. The number of ketones is 1. The summed E-state index contributed by atoms with van der Waals surface area (Å²) in [5.41, 5.74) is 1.000. The Morgan fingerprint density at radius 2 is 1.91 bits per heavy atom. The first kappa shape index (κ1) is 16.1. The van der Waals surface area contributed by atoms with Crippen molar-refractivity contribution in [2.75, 3.05) is 0 Å². The zero-order valence-electron chi connectivity index (χ0n) is 12.1. The Morgan fingerprint density at radius 3 is 2.41 bits per heavy atom. The first-order valence-electron chi connectivity index (χ1n) is 6.92. The van der Waals surface area contributed by atoms with Gasteiger partial charge in [0, 0.05) is 5.92 Å². The van der Waals surface area contributed by atoms with E-state index < -0.39 is 17.7 Å². The SMILES string of the molecule is C#CC1=C(C=CC)CCC(c2ccc(C(F)(F)F)cc2)C1=O. The Balaban J connectivity index is 2.32. The maximum Gasteiger partial charge on any atom is 0.416 e. The molecule has 0 saturated carbocycles. The highest BCUT2D eigenvalue weighted by Gasteiger charge is 2.32. The lowest BCUT2D eigenvalue weighted by Gasteiger charge is -2.23. The van der Waals surface area contributed by atoms with Crippen molar-refractivity contribution in [3.05, 3.63) is 58.7 Å². The minimum Gasteiger partial charge on any atom is -0.293 e. The predicted molar refractivity (Wildman–Crippen MR) is 79.1 cm³/mol. The van der Waals surface area contributed by atoms with Gasteiger partial charge in [0.25, 0.3) is 0 Å². The molecule has 1 atom stereocenters.